The van der Waals surface area contributed by atoms with Crippen LogP contribution in [0.5, 0.6) is 0 Å². The number of benzene rings is 2. The Labute approximate surface area is 184 Å². The Hall–Kier alpha value is -2.26. The van der Waals surface area contributed by atoms with Gasteiger partial charge in [0.2, 0.25) is 0 Å². The fourth-order valence-corrected chi connectivity index (χ4v) is 4.68. The average molecular weight is 447 g/mol. The Kier molecular flexibility index (Phi) is 7.83. The van der Waals surface area contributed by atoms with E-state index in [2.05, 4.69) is 4.90 Å². The number of rotatable bonds is 9. The van der Waals surface area contributed by atoms with Gasteiger partial charge in [0, 0.05) is 36.8 Å². The minimum Gasteiger partial charge on any atom is -0.378 e. The molecule has 1 aliphatic rings. The van der Waals surface area contributed by atoms with E-state index in [-0.39, 0.29) is 16.7 Å². The highest BCUT2D eigenvalue weighted by atomic mass is 32.2. The van der Waals surface area contributed by atoms with Crippen LogP contribution < -0.4 is 4.90 Å². The van der Waals surface area contributed by atoms with E-state index in [0.29, 0.717) is 43.6 Å². The summed E-state index contributed by atoms with van der Waals surface area (Å²) in [4.78, 5) is 17.2. The first-order valence-electron chi connectivity index (χ1n) is 10.4. The van der Waals surface area contributed by atoms with Gasteiger partial charge in [-0.15, -0.1) is 0 Å². The van der Waals surface area contributed by atoms with Gasteiger partial charge in [0.1, 0.15) is 0 Å². The molecule has 7 nitrogen and oxygen atoms in total. The molecule has 0 amide bonds. The number of nitrogens with zero attached hydrogens (tertiary/aromatic N) is 2. The van der Waals surface area contributed by atoms with E-state index < -0.39 is 10.1 Å². The molecule has 1 heterocycles. The largest absolute Gasteiger partial charge is 0.378 e. The molecular weight excluding hydrogens is 416 g/mol. The maximum absolute atomic E-state index is 13.1. The number of hydrogen-bond acceptors (Lipinski definition) is 6. The highest BCUT2D eigenvalue weighted by molar-refractivity contribution is 7.85. The lowest BCUT2D eigenvalue weighted by atomic mass is 9.96. The zero-order chi connectivity index (χ0) is 22.4. The first-order chi connectivity index (χ1) is 14.8. The van der Waals surface area contributed by atoms with Crippen LogP contribution in [0.2, 0.25) is 0 Å². The molecule has 1 saturated heterocycles. The van der Waals surface area contributed by atoms with Gasteiger partial charge >= 0.3 is 0 Å². The van der Waals surface area contributed by atoms with E-state index in [0.717, 1.165) is 18.8 Å². The van der Waals surface area contributed by atoms with E-state index in [1.807, 2.05) is 43.3 Å². The third kappa shape index (κ3) is 6.13. The van der Waals surface area contributed by atoms with Crippen molar-refractivity contribution in [3.05, 3.63) is 59.7 Å². The van der Waals surface area contributed by atoms with Gasteiger partial charge in [0.05, 0.1) is 18.1 Å². The van der Waals surface area contributed by atoms with Gasteiger partial charge in [-0.3, -0.25) is 9.35 Å². The van der Waals surface area contributed by atoms with Crippen molar-refractivity contribution in [3.8, 4) is 0 Å². The van der Waals surface area contributed by atoms with E-state index in [1.54, 1.807) is 18.2 Å². The predicted molar refractivity (Wildman–Crippen MR) is 120 cm³/mol. The highest BCUT2D eigenvalue weighted by Crippen LogP contribution is 2.25. The van der Waals surface area contributed by atoms with E-state index >= 15 is 0 Å². The first kappa shape index (κ1) is 23.4. The third-order valence-electron chi connectivity index (χ3n) is 5.70. The molecular formula is C23H30N2O5S. The van der Waals surface area contributed by atoms with Crippen molar-refractivity contribution in [2.45, 2.75) is 30.2 Å². The van der Waals surface area contributed by atoms with Crippen molar-refractivity contribution in [1.82, 2.24) is 4.90 Å². The lowest BCUT2D eigenvalue weighted by Crippen LogP contribution is -2.37. The van der Waals surface area contributed by atoms with Crippen molar-refractivity contribution >= 4 is 21.6 Å². The maximum Gasteiger partial charge on any atom is 0.294 e. The van der Waals surface area contributed by atoms with Crippen molar-refractivity contribution in [1.29, 1.82) is 0 Å². The smallest absolute Gasteiger partial charge is 0.294 e. The van der Waals surface area contributed by atoms with Crippen LogP contribution in [0.1, 0.15) is 28.8 Å². The molecule has 3 rings (SSSR count). The summed E-state index contributed by atoms with van der Waals surface area (Å²) in [5, 5.41) is 0. The van der Waals surface area contributed by atoms with Crippen LogP contribution in [-0.4, -0.2) is 70.1 Å². The number of ketones is 1. The molecule has 2 aromatic rings. The fraction of sp³-hybridized carbons (Fsp3) is 0.435. The van der Waals surface area contributed by atoms with E-state index in [9.17, 15) is 17.8 Å². The average Bonchev–Trinajstić information content (AvgIpc) is 2.76. The molecule has 1 aliphatic heterocycles. The Morgan fingerprint density at radius 1 is 1.10 bits per heavy atom. The van der Waals surface area contributed by atoms with Crippen LogP contribution in [0.4, 0.5) is 5.69 Å². The molecule has 2 aromatic carbocycles. The number of hydrogen-bond donors (Lipinski definition) is 1. The second-order valence-electron chi connectivity index (χ2n) is 7.98. The number of carbonyl (C=O) groups excluding carboxylic acids is 1. The normalized spacial score (nSPS) is 15.8. The van der Waals surface area contributed by atoms with Crippen LogP contribution in [0.15, 0.2) is 53.4 Å². The lowest BCUT2D eigenvalue weighted by Gasteiger charge is -2.30. The van der Waals surface area contributed by atoms with Crippen molar-refractivity contribution in [3.63, 3.8) is 0 Å². The molecule has 31 heavy (non-hydrogen) atoms. The van der Waals surface area contributed by atoms with E-state index in [1.165, 1.54) is 6.07 Å². The summed E-state index contributed by atoms with van der Waals surface area (Å²) in [6.07, 6.45) is 1.34. The molecule has 0 aliphatic carbocycles. The molecule has 0 saturated carbocycles. The summed E-state index contributed by atoms with van der Waals surface area (Å²) in [5.74, 6) is 0.0667. The standard InChI is InChI=1S/C23H30N2O5S/c1-24(2)19(17-18-7-3-6-10-23(18)31(27,28)29)11-12-22(26)20-8-4-5-9-21(20)25-13-15-30-16-14-25/h3-10,19H,11-17H2,1-2H3,(H,27,28,29). The minimum atomic E-state index is -4.30. The molecule has 1 unspecified atom stereocenters. The summed E-state index contributed by atoms with van der Waals surface area (Å²) in [7, 11) is -0.479. The van der Waals surface area contributed by atoms with E-state index in [4.69, 9.17) is 4.74 Å². The lowest BCUT2D eigenvalue weighted by molar-refractivity contribution is 0.0966. The topological polar surface area (TPSA) is 87.2 Å². The summed E-state index contributed by atoms with van der Waals surface area (Å²) in [5.41, 5.74) is 2.19. The van der Waals surface area contributed by atoms with Crippen LogP contribution >= 0.6 is 0 Å². The second kappa shape index (κ2) is 10.4. The molecule has 0 radical (unpaired) electrons. The molecule has 1 fully saturated rings. The monoisotopic (exact) mass is 446 g/mol. The predicted octanol–water partition coefficient (Wildman–Crippen LogP) is 2.91. The molecule has 0 spiro atoms. The SMILES string of the molecule is CN(C)C(CCC(=O)c1ccccc1N1CCOCC1)Cc1ccccc1S(=O)(=O)O. The van der Waals surface area contributed by atoms with Gasteiger partial charge in [-0.25, -0.2) is 0 Å². The van der Waals surface area contributed by atoms with Gasteiger partial charge in [0.25, 0.3) is 10.1 Å². The first-order valence-corrected chi connectivity index (χ1v) is 11.9. The number of likely N-dealkylation sites (N-methyl/N-ethyl adjacent to an activating group) is 1. The van der Waals surface area contributed by atoms with Crippen molar-refractivity contribution in [2.75, 3.05) is 45.3 Å². The summed E-state index contributed by atoms with van der Waals surface area (Å²) >= 11 is 0. The molecule has 8 heteroatoms. The van der Waals surface area contributed by atoms with Crippen LogP contribution in [0, 0.1) is 0 Å². The Morgan fingerprint density at radius 2 is 1.74 bits per heavy atom. The van der Waals surface area contributed by atoms with Gasteiger partial charge in [0.15, 0.2) is 5.78 Å². The Balaban J connectivity index is 1.73. The van der Waals surface area contributed by atoms with Gasteiger partial charge in [-0.05, 0) is 50.7 Å². The van der Waals surface area contributed by atoms with Crippen molar-refractivity contribution in [2.24, 2.45) is 0 Å². The number of carbonyl (C=O) groups is 1. The molecule has 1 atom stereocenters. The van der Waals surface area contributed by atoms with Crippen molar-refractivity contribution < 1.29 is 22.5 Å². The number of anilines is 1. The number of ether oxygens (including phenoxy) is 1. The molecule has 168 valence electrons. The Morgan fingerprint density at radius 3 is 2.42 bits per heavy atom. The maximum atomic E-state index is 13.1. The second-order valence-corrected chi connectivity index (χ2v) is 9.37. The fourth-order valence-electron chi connectivity index (χ4n) is 3.94. The number of morpholine rings is 1. The van der Waals surface area contributed by atoms with Gasteiger partial charge < -0.3 is 14.5 Å². The molecule has 0 aromatic heterocycles. The zero-order valence-corrected chi connectivity index (χ0v) is 18.8. The molecule has 1 N–H and O–H groups in total. The number of para-hydroxylation sites is 1. The summed E-state index contributed by atoms with van der Waals surface area (Å²) in [6.45, 7) is 2.82. The van der Waals surface area contributed by atoms with Gasteiger partial charge in [-0.2, -0.15) is 8.42 Å². The van der Waals surface area contributed by atoms with Crippen LogP contribution in [-0.2, 0) is 21.3 Å². The molecule has 0 bridgehead atoms. The van der Waals surface area contributed by atoms with Crippen LogP contribution in [0.3, 0.4) is 0 Å². The quantitative estimate of drug-likeness (QED) is 0.468. The number of Topliss-reactive ketones (excluding diaryl/α,β-unsaturated/α-hetero) is 1. The van der Waals surface area contributed by atoms with Crippen LogP contribution in [0.25, 0.3) is 0 Å². The summed E-state index contributed by atoms with van der Waals surface area (Å²) in [6, 6.07) is 14.1. The Bertz CT molecular complexity index is 1000. The third-order valence-corrected chi connectivity index (χ3v) is 6.65. The zero-order valence-electron chi connectivity index (χ0n) is 18.0. The summed E-state index contributed by atoms with van der Waals surface area (Å²) < 4.78 is 38.4. The highest BCUT2D eigenvalue weighted by Gasteiger charge is 2.22. The van der Waals surface area contributed by atoms with Gasteiger partial charge in [-0.1, -0.05) is 30.3 Å². The minimum absolute atomic E-state index is 0.0533.